The zero-order chi connectivity index (χ0) is 16.6. The first-order valence-corrected chi connectivity index (χ1v) is 8.18. The number of imidazole rings is 1. The Morgan fingerprint density at radius 3 is 2.65 bits per heavy atom. The first-order chi connectivity index (χ1) is 10.9. The van der Waals surface area contributed by atoms with Crippen molar-refractivity contribution in [1.82, 2.24) is 24.8 Å². The van der Waals surface area contributed by atoms with Crippen LogP contribution >= 0.6 is 0 Å². The molecule has 2 aromatic heterocycles. The number of aromatic nitrogens is 3. The smallest absolute Gasteiger partial charge is 0.242 e. The Kier molecular flexibility index (Phi) is 4.10. The van der Waals surface area contributed by atoms with E-state index < -0.39 is 0 Å². The maximum Gasteiger partial charge on any atom is 0.242 e. The number of hydrogen-bond acceptors (Lipinski definition) is 4. The average molecular weight is 315 g/mol. The van der Waals surface area contributed by atoms with Crippen LogP contribution in [-0.4, -0.2) is 51.5 Å². The van der Waals surface area contributed by atoms with E-state index in [0.29, 0.717) is 6.54 Å². The van der Waals surface area contributed by atoms with Gasteiger partial charge >= 0.3 is 0 Å². The minimum absolute atomic E-state index is 0.138. The molecule has 0 aliphatic carbocycles. The van der Waals surface area contributed by atoms with Gasteiger partial charge in [0.25, 0.3) is 0 Å². The van der Waals surface area contributed by atoms with Crippen molar-refractivity contribution in [1.29, 1.82) is 0 Å². The van der Waals surface area contributed by atoms with Gasteiger partial charge in [-0.3, -0.25) is 4.79 Å². The second-order valence-corrected chi connectivity index (χ2v) is 7.26. The van der Waals surface area contributed by atoms with E-state index in [2.05, 4.69) is 31.1 Å². The molecule has 3 heterocycles. The molecule has 6 heteroatoms. The molecule has 6 nitrogen and oxygen atoms in total. The van der Waals surface area contributed by atoms with Crippen LogP contribution in [0.5, 0.6) is 0 Å². The zero-order valence-electron chi connectivity index (χ0n) is 14.4. The van der Waals surface area contributed by atoms with Crippen molar-refractivity contribution < 1.29 is 4.79 Å². The van der Waals surface area contributed by atoms with Crippen LogP contribution in [0.15, 0.2) is 12.3 Å². The van der Waals surface area contributed by atoms with Crippen molar-refractivity contribution in [3.63, 3.8) is 0 Å². The van der Waals surface area contributed by atoms with E-state index in [1.54, 1.807) is 0 Å². The summed E-state index contributed by atoms with van der Waals surface area (Å²) in [6, 6.07) is 2.03. The summed E-state index contributed by atoms with van der Waals surface area (Å²) in [5.41, 5.74) is 2.60. The molecule has 1 fully saturated rings. The number of pyridine rings is 1. The van der Waals surface area contributed by atoms with Gasteiger partial charge < -0.3 is 14.8 Å². The normalized spacial score (nSPS) is 16.1. The Labute approximate surface area is 136 Å². The number of hydrogen-bond donors (Lipinski definition) is 1. The summed E-state index contributed by atoms with van der Waals surface area (Å²) in [6.07, 6.45) is 1.84. The second-order valence-electron chi connectivity index (χ2n) is 7.26. The fourth-order valence-electron chi connectivity index (χ4n) is 2.98. The maximum absolute atomic E-state index is 12.7. The van der Waals surface area contributed by atoms with Gasteiger partial charge in [-0.15, -0.1) is 0 Å². The minimum Gasteiger partial charge on any atom is -0.339 e. The summed E-state index contributed by atoms with van der Waals surface area (Å²) in [6.45, 7) is 11.9. The number of piperazine rings is 1. The van der Waals surface area contributed by atoms with Crippen molar-refractivity contribution >= 4 is 17.1 Å². The highest BCUT2D eigenvalue weighted by Gasteiger charge is 2.26. The Morgan fingerprint density at radius 1 is 1.30 bits per heavy atom. The second kappa shape index (κ2) is 5.92. The van der Waals surface area contributed by atoms with Crippen LogP contribution in [0.25, 0.3) is 11.2 Å². The van der Waals surface area contributed by atoms with E-state index in [1.165, 1.54) is 0 Å². The maximum atomic E-state index is 12.7. The molecule has 1 N–H and O–H groups in total. The van der Waals surface area contributed by atoms with Crippen LogP contribution in [0.2, 0.25) is 0 Å². The summed E-state index contributed by atoms with van der Waals surface area (Å²) in [5, 5.41) is 3.27. The van der Waals surface area contributed by atoms with Gasteiger partial charge in [0.05, 0.1) is 0 Å². The molecule has 2 aromatic rings. The lowest BCUT2D eigenvalue weighted by atomic mass is 9.95. The molecule has 1 aliphatic rings. The highest BCUT2D eigenvalue weighted by Crippen LogP contribution is 2.26. The zero-order valence-corrected chi connectivity index (χ0v) is 14.4. The van der Waals surface area contributed by atoms with E-state index >= 15 is 0 Å². The van der Waals surface area contributed by atoms with E-state index in [9.17, 15) is 4.79 Å². The molecule has 0 radical (unpaired) electrons. The van der Waals surface area contributed by atoms with E-state index in [0.717, 1.165) is 48.7 Å². The number of carbonyl (C=O) groups is 1. The lowest BCUT2D eigenvalue weighted by Crippen LogP contribution is -2.47. The van der Waals surface area contributed by atoms with Gasteiger partial charge in [-0.25, -0.2) is 9.97 Å². The molecule has 0 spiro atoms. The van der Waals surface area contributed by atoms with Gasteiger partial charge in [0.2, 0.25) is 5.91 Å². The quantitative estimate of drug-likeness (QED) is 0.911. The largest absolute Gasteiger partial charge is 0.339 e. The summed E-state index contributed by atoms with van der Waals surface area (Å²) < 4.78 is 1.99. The topological polar surface area (TPSA) is 63.1 Å². The highest BCUT2D eigenvalue weighted by atomic mass is 16.2. The Morgan fingerprint density at radius 2 is 2.00 bits per heavy atom. The Balaban J connectivity index is 1.99. The Hall–Kier alpha value is -1.95. The fourth-order valence-corrected chi connectivity index (χ4v) is 2.98. The molecular weight excluding hydrogens is 290 g/mol. The summed E-state index contributed by atoms with van der Waals surface area (Å²) in [5.74, 6) is 1.05. The first kappa shape index (κ1) is 15.9. The molecule has 0 bridgehead atoms. The van der Waals surface area contributed by atoms with Crippen LogP contribution in [0.4, 0.5) is 0 Å². The molecule has 23 heavy (non-hydrogen) atoms. The van der Waals surface area contributed by atoms with Crippen LogP contribution < -0.4 is 5.32 Å². The molecule has 1 amide bonds. The van der Waals surface area contributed by atoms with Crippen molar-refractivity contribution in [2.75, 3.05) is 26.2 Å². The molecule has 1 aliphatic heterocycles. The van der Waals surface area contributed by atoms with Crippen LogP contribution in [0.3, 0.4) is 0 Å². The summed E-state index contributed by atoms with van der Waals surface area (Å²) in [7, 11) is 0. The number of rotatable bonds is 2. The SMILES string of the molecule is Cc1cnc2c(c1)nc(C(C)(C)C)n2CC(=O)N1CCNCC1. The number of nitrogens with zero attached hydrogens (tertiary/aromatic N) is 4. The summed E-state index contributed by atoms with van der Waals surface area (Å²) >= 11 is 0. The number of carbonyl (C=O) groups excluding carboxylic acids is 1. The van der Waals surface area contributed by atoms with Crippen LogP contribution in [0.1, 0.15) is 32.2 Å². The minimum atomic E-state index is -0.141. The third-order valence-electron chi connectivity index (χ3n) is 4.16. The predicted molar refractivity (Wildman–Crippen MR) is 90.4 cm³/mol. The number of nitrogens with one attached hydrogen (secondary N) is 1. The molecule has 0 atom stereocenters. The number of aryl methyl sites for hydroxylation is 1. The van der Waals surface area contributed by atoms with Crippen LogP contribution in [0, 0.1) is 6.92 Å². The van der Waals surface area contributed by atoms with Crippen molar-refractivity contribution in [3.8, 4) is 0 Å². The fraction of sp³-hybridized carbons (Fsp3) is 0.588. The van der Waals surface area contributed by atoms with E-state index in [-0.39, 0.29) is 11.3 Å². The van der Waals surface area contributed by atoms with E-state index in [1.807, 2.05) is 28.7 Å². The van der Waals surface area contributed by atoms with Gasteiger partial charge in [-0.2, -0.15) is 0 Å². The van der Waals surface area contributed by atoms with Gasteiger partial charge in [-0.1, -0.05) is 20.8 Å². The van der Waals surface area contributed by atoms with Gasteiger partial charge in [0.15, 0.2) is 5.65 Å². The molecule has 124 valence electrons. The first-order valence-electron chi connectivity index (χ1n) is 8.18. The monoisotopic (exact) mass is 315 g/mol. The molecule has 0 aromatic carbocycles. The van der Waals surface area contributed by atoms with Crippen molar-refractivity contribution in [2.24, 2.45) is 0 Å². The van der Waals surface area contributed by atoms with Crippen molar-refractivity contribution in [2.45, 2.75) is 39.7 Å². The molecule has 3 rings (SSSR count). The van der Waals surface area contributed by atoms with Gasteiger partial charge in [0.1, 0.15) is 17.9 Å². The third-order valence-corrected chi connectivity index (χ3v) is 4.16. The highest BCUT2D eigenvalue weighted by molar-refractivity contribution is 5.80. The van der Waals surface area contributed by atoms with Gasteiger partial charge in [-0.05, 0) is 18.6 Å². The lowest BCUT2D eigenvalue weighted by molar-refractivity contribution is -0.132. The van der Waals surface area contributed by atoms with Gasteiger partial charge in [0, 0.05) is 37.8 Å². The average Bonchev–Trinajstić information content (AvgIpc) is 2.86. The van der Waals surface area contributed by atoms with Crippen molar-refractivity contribution in [3.05, 3.63) is 23.7 Å². The van der Waals surface area contributed by atoms with Crippen LogP contribution in [-0.2, 0) is 16.8 Å². The lowest BCUT2D eigenvalue weighted by Gasteiger charge is -2.28. The number of fused-ring (bicyclic) bond motifs is 1. The van der Waals surface area contributed by atoms with E-state index in [4.69, 9.17) is 4.98 Å². The number of amides is 1. The molecule has 0 saturated carbocycles. The Bertz CT molecular complexity index is 722. The predicted octanol–water partition coefficient (Wildman–Crippen LogP) is 1.47. The third kappa shape index (κ3) is 3.22. The summed E-state index contributed by atoms with van der Waals surface area (Å²) in [4.78, 5) is 23.9. The molecular formula is C17H25N5O. The molecule has 0 unspecified atom stereocenters. The standard InChI is InChI=1S/C17H25N5O/c1-12-9-13-15(19-10-12)22(16(20-13)17(2,3)4)11-14(23)21-7-5-18-6-8-21/h9-10,18H,5-8,11H2,1-4H3. The molecule has 1 saturated heterocycles.